The third-order valence-electron chi connectivity index (χ3n) is 1.47. The molecule has 0 aromatic carbocycles. The maximum atomic E-state index is 7.31. The van der Waals surface area contributed by atoms with E-state index in [4.69, 9.17) is 5.41 Å². The van der Waals surface area contributed by atoms with Crippen LogP contribution in [-0.4, -0.2) is 16.3 Å². The number of rotatable bonds is 1. The Balaban J connectivity index is 2.67. The van der Waals surface area contributed by atoms with Crippen LogP contribution >= 0.6 is 10.5 Å². The summed E-state index contributed by atoms with van der Waals surface area (Å²) in [4.78, 5) is 0. The van der Waals surface area contributed by atoms with Gasteiger partial charge in [-0.2, -0.15) is 10.5 Å². The number of hydrogen-bond donors (Lipinski definition) is 1. The SMILES string of the molecule is CC(C)S1=CCC(=N)C=C1. The summed E-state index contributed by atoms with van der Waals surface area (Å²) in [7, 11) is 0.337. The van der Waals surface area contributed by atoms with Gasteiger partial charge < -0.3 is 5.41 Å². The highest BCUT2D eigenvalue weighted by atomic mass is 32.2. The molecule has 0 aliphatic carbocycles. The monoisotopic (exact) mass is 155 g/mol. The van der Waals surface area contributed by atoms with Crippen molar-refractivity contribution in [1.82, 2.24) is 0 Å². The van der Waals surface area contributed by atoms with Gasteiger partial charge in [-0.05, 0) is 16.7 Å². The Labute approximate surface area is 64.6 Å². The van der Waals surface area contributed by atoms with Crippen LogP contribution in [0, 0.1) is 5.41 Å². The van der Waals surface area contributed by atoms with Crippen molar-refractivity contribution < 1.29 is 0 Å². The van der Waals surface area contributed by atoms with Crippen LogP contribution in [0.2, 0.25) is 0 Å². The average molecular weight is 155 g/mol. The van der Waals surface area contributed by atoms with Crippen LogP contribution < -0.4 is 0 Å². The average Bonchev–Trinajstić information content (AvgIpc) is 1.88. The van der Waals surface area contributed by atoms with Gasteiger partial charge in [0.15, 0.2) is 0 Å². The predicted molar refractivity (Wildman–Crippen MR) is 50.3 cm³/mol. The van der Waals surface area contributed by atoms with Gasteiger partial charge in [0, 0.05) is 12.1 Å². The lowest BCUT2D eigenvalue weighted by Crippen LogP contribution is -2.00. The highest BCUT2D eigenvalue weighted by molar-refractivity contribution is 8.18. The first-order chi connectivity index (χ1) is 4.70. The van der Waals surface area contributed by atoms with E-state index in [-0.39, 0.29) is 0 Å². The number of hydrogen-bond acceptors (Lipinski definition) is 1. The van der Waals surface area contributed by atoms with Crippen molar-refractivity contribution in [3.8, 4) is 0 Å². The fourth-order valence-electron chi connectivity index (χ4n) is 0.820. The van der Waals surface area contributed by atoms with Crippen LogP contribution in [-0.2, 0) is 0 Å². The maximum Gasteiger partial charge on any atom is 0.0361 e. The minimum Gasteiger partial charge on any atom is -0.305 e. The Bertz CT molecular complexity index is 201. The zero-order chi connectivity index (χ0) is 7.56. The summed E-state index contributed by atoms with van der Waals surface area (Å²) in [6, 6.07) is 0. The van der Waals surface area contributed by atoms with Crippen LogP contribution in [0.1, 0.15) is 20.3 Å². The minimum absolute atomic E-state index is 0.337. The topological polar surface area (TPSA) is 23.9 Å². The first kappa shape index (κ1) is 7.73. The van der Waals surface area contributed by atoms with Gasteiger partial charge in [-0.15, -0.1) is 0 Å². The third-order valence-corrected chi connectivity index (χ3v) is 3.56. The van der Waals surface area contributed by atoms with Gasteiger partial charge in [0.25, 0.3) is 0 Å². The van der Waals surface area contributed by atoms with Gasteiger partial charge in [-0.3, -0.25) is 0 Å². The van der Waals surface area contributed by atoms with E-state index in [0.717, 1.165) is 12.1 Å². The van der Waals surface area contributed by atoms with Crippen molar-refractivity contribution in [2.45, 2.75) is 25.5 Å². The maximum absolute atomic E-state index is 7.31. The molecule has 1 nitrogen and oxygen atoms in total. The third kappa shape index (κ3) is 1.81. The van der Waals surface area contributed by atoms with Crippen LogP contribution in [0.3, 0.4) is 0 Å². The molecular formula is C8H13NS. The van der Waals surface area contributed by atoms with Crippen molar-refractivity contribution in [2.75, 3.05) is 0 Å². The van der Waals surface area contributed by atoms with E-state index in [1.165, 1.54) is 0 Å². The molecule has 1 heterocycles. The zero-order valence-electron chi connectivity index (χ0n) is 6.42. The van der Waals surface area contributed by atoms with Crippen LogP contribution in [0.5, 0.6) is 0 Å². The molecule has 0 saturated carbocycles. The lowest BCUT2D eigenvalue weighted by molar-refractivity contribution is 1.12. The van der Waals surface area contributed by atoms with Crippen LogP contribution in [0.25, 0.3) is 0 Å². The largest absolute Gasteiger partial charge is 0.305 e. The van der Waals surface area contributed by atoms with E-state index in [9.17, 15) is 0 Å². The molecule has 1 rings (SSSR count). The van der Waals surface area contributed by atoms with Gasteiger partial charge in [-0.25, -0.2) is 0 Å². The lowest BCUT2D eigenvalue weighted by atomic mass is 10.3. The molecule has 0 bridgehead atoms. The summed E-state index contributed by atoms with van der Waals surface area (Å²) in [6.45, 7) is 4.44. The lowest BCUT2D eigenvalue weighted by Gasteiger charge is -2.11. The molecule has 1 aliphatic heterocycles. The van der Waals surface area contributed by atoms with E-state index in [2.05, 4.69) is 24.6 Å². The quantitative estimate of drug-likeness (QED) is 0.562. The molecule has 1 atom stereocenters. The van der Waals surface area contributed by atoms with E-state index >= 15 is 0 Å². The number of nitrogens with one attached hydrogen (secondary N) is 1. The van der Waals surface area contributed by atoms with E-state index in [1.807, 2.05) is 6.08 Å². The molecule has 0 radical (unpaired) electrons. The number of allylic oxidation sites excluding steroid dienone is 1. The Morgan fingerprint density at radius 3 is 2.70 bits per heavy atom. The molecule has 1 unspecified atom stereocenters. The zero-order valence-corrected chi connectivity index (χ0v) is 7.24. The summed E-state index contributed by atoms with van der Waals surface area (Å²) in [6.07, 6.45) is 2.79. The molecule has 0 aromatic heterocycles. The second-order valence-corrected chi connectivity index (χ2v) is 5.02. The molecule has 10 heavy (non-hydrogen) atoms. The molecule has 1 aliphatic rings. The van der Waals surface area contributed by atoms with Gasteiger partial charge in [-0.1, -0.05) is 19.2 Å². The van der Waals surface area contributed by atoms with Gasteiger partial charge >= 0.3 is 0 Å². The summed E-state index contributed by atoms with van der Waals surface area (Å²) in [5, 5.41) is 12.4. The highest BCUT2D eigenvalue weighted by Crippen LogP contribution is 2.23. The molecule has 0 saturated heterocycles. The van der Waals surface area contributed by atoms with Gasteiger partial charge in [0.1, 0.15) is 0 Å². The summed E-state index contributed by atoms with van der Waals surface area (Å²) < 4.78 is 0. The molecule has 56 valence electrons. The molecule has 2 heteroatoms. The molecule has 0 fully saturated rings. The second kappa shape index (κ2) is 3.15. The van der Waals surface area contributed by atoms with E-state index < -0.39 is 0 Å². The van der Waals surface area contributed by atoms with Gasteiger partial charge in [0.05, 0.1) is 0 Å². The van der Waals surface area contributed by atoms with Gasteiger partial charge in [0.2, 0.25) is 0 Å². The Morgan fingerprint density at radius 1 is 1.60 bits per heavy atom. The first-order valence-electron chi connectivity index (χ1n) is 3.50. The summed E-state index contributed by atoms with van der Waals surface area (Å²) in [5.74, 6) is 0. The van der Waals surface area contributed by atoms with Crippen LogP contribution in [0.4, 0.5) is 0 Å². The second-order valence-electron chi connectivity index (χ2n) is 2.66. The standard InChI is InChI=1S/C8H13NS/c1-7(2)10-5-3-8(9)4-6-10/h3,5-7,9H,4H2,1-2H3. The fourth-order valence-corrected chi connectivity index (χ4v) is 2.32. The highest BCUT2D eigenvalue weighted by Gasteiger charge is 2.01. The fraction of sp³-hybridized carbons (Fsp3) is 0.500. The van der Waals surface area contributed by atoms with Crippen molar-refractivity contribution in [2.24, 2.45) is 0 Å². The molecular weight excluding hydrogens is 142 g/mol. The van der Waals surface area contributed by atoms with E-state index in [0.29, 0.717) is 15.7 Å². The van der Waals surface area contributed by atoms with E-state index in [1.54, 1.807) is 0 Å². The first-order valence-corrected chi connectivity index (χ1v) is 4.91. The molecule has 0 spiro atoms. The van der Waals surface area contributed by atoms with Crippen LogP contribution in [0.15, 0.2) is 11.5 Å². The molecule has 1 N–H and O–H groups in total. The Hall–Kier alpha value is -0.370. The minimum atomic E-state index is 0.337. The van der Waals surface area contributed by atoms with Crippen molar-refractivity contribution in [3.63, 3.8) is 0 Å². The van der Waals surface area contributed by atoms with Crippen molar-refractivity contribution >= 4 is 21.6 Å². The summed E-state index contributed by atoms with van der Waals surface area (Å²) in [5.41, 5.74) is 0.740. The predicted octanol–water partition coefficient (Wildman–Crippen LogP) is 2.40. The Morgan fingerprint density at radius 2 is 2.30 bits per heavy atom. The molecule has 0 aromatic rings. The Kier molecular flexibility index (Phi) is 2.44. The summed E-state index contributed by atoms with van der Waals surface area (Å²) >= 11 is 0. The van der Waals surface area contributed by atoms with Crippen molar-refractivity contribution in [3.05, 3.63) is 11.5 Å². The van der Waals surface area contributed by atoms with Crippen molar-refractivity contribution in [1.29, 1.82) is 5.41 Å². The molecule has 0 amide bonds. The normalized spacial score (nSPS) is 25.1. The smallest absolute Gasteiger partial charge is 0.0361 e.